The van der Waals surface area contributed by atoms with E-state index in [-0.39, 0.29) is 11.7 Å². The van der Waals surface area contributed by atoms with Crippen LogP contribution in [0, 0.1) is 11.7 Å². The molecule has 4 nitrogen and oxygen atoms in total. The zero-order chi connectivity index (χ0) is 17.6. The van der Waals surface area contributed by atoms with Crippen LogP contribution in [0.2, 0.25) is 0 Å². The van der Waals surface area contributed by atoms with Crippen LogP contribution in [-0.2, 0) is 0 Å². The molecule has 132 valence electrons. The summed E-state index contributed by atoms with van der Waals surface area (Å²) in [6, 6.07) is 13.2. The molecule has 1 unspecified atom stereocenters. The zero-order valence-corrected chi connectivity index (χ0v) is 14.3. The summed E-state index contributed by atoms with van der Waals surface area (Å²) in [5, 5.41) is 0. The minimum absolute atomic E-state index is 0.0598. The molecule has 0 spiro atoms. The van der Waals surface area contributed by atoms with Crippen molar-refractivity contribution in [3.63, 3.8) is 0 Å². The Morgan fingerprint density at radius 1 is 1.12 bits per heavy atom. The van der Waals surface area contributed by atoms with Crippen molar-refractivity contribution in [2.75, 3.05) is 26.8 Å². The van der Waals surface area contributed by atoms with Gasteiger partial charge in [0, 0.05) is 18.7 Å². The van der Waals surface area contributed by atoms with Crippen molar-refractivity contribution >= 4 is 5.91 Å². The van der Waals surface area contributed by atoms with Gasteiger partial charge in [0.05, 0.1) is 13.7 Å². The van der Waals surface area contributed by atoms with Gasteiger partial charge in [-0.15, -0.1) is 0 Å². The number of likely N-dealkylation sites (tertiary alicyclic amines) is 1. The number of carbonyl (C=O) groups is 1. The van der Waals surface area contributed by atoms with Gasteiger partial charge in [0.25, 0.3) is 5.91 Å². The summed E-state index contributed by atoms with van der Waals surface area (Å²) >= 11 is 0. The molecule has 1 atom stereocenters. The molecule has 1 heterocycles. The molecule has 1 aliphatic heterocycles. The maximum Gasteiger partial charge on any atom is 0.253 e. The molecule has 0 aromatic heterocycles. The molecule has 2 aromatic rings. The standard InChI is InChI=1S/C20H22FNO3/c1-24-18-6-2-16(3-7-18)20(23)22-12-10-15(14-22)11-13-25-19-8-4-17(21)5-9-19/h2-9,15H,10-14H2,1H3. The Kier molecular flexibility index (Phi) is 5.53. The zero-order valence-electron chi connectivity index (χ0n) is 14.3. The van der Waals surface area contributed by atoms with Crippen LogP contribution in [0.5, 0.6) is 11.5 Å². The highest BCUT2D eigenvalue weighted by Gasteiger charge is 2.26. The first-order valence-corrected chi connectivity index (χ1v) is 8.47. The van der Waals surface area contributed by atoms with Crippen LogP contribution in [0.15, 0.2) is 48.5 Å². The molecule has 0 aliphatic carbocycles. The number of hydrogen-bond donors (Lipinski definition) is 0. The van der Waals surface area contributed by atoms with Crippen LogP contribution in [0.25, 0.3) is 0 Å². The van der Waals surface area contributed by atoms with Gasteiger partial charge >= 0.3 is 0 Å². The van der Waals surface area contributed by atoms with E-state index in [9.17, 15) is 9.18 Å². The summed E-state index contributed by atoms with van der Waals surface area (Å²) in [5.74, 6) is 1.64. The molecule has 5 heteroatoms. The molecule has 25 heavy (non-hydrogen) atoms. The van der Waals surface area contributed by atoms with Crippen molar-refractivity contribution in [1.82, 2.24) is 4.90 Å². The second-order valence-electron chi connectivity index (χ2n) is 6.23. The van der Waals surface area contributed by atoms with Gasteiger partial charge in [0.1, 0.15) is 17.3 Å². The van der Waals surface area contributed by atoms with Crippen LogP contribution >= 0.6 is 0 Å². The highest BCUT2D eigenvalue weighted by molar-refractivity contribution is 5.94. The molecular formula is C20H22FNO3. The molecule has 1 fully saturated rings. The number of halogens is 1. The molecule has 3 rings (SSSR count). The molecule has 0 bridgehead atoms. The van der Waals surface area contributed by atoms with Crippen LogP contribution in [0.3, 0.4) is 0 Å². The Morgan fingerprint density at radius 3 is 2.48 bits per heavy atom. The van der Waals surface area contributed by atoms with E-state index in [0.717, 1.165) is 31.7 Å². The Morgan fingerprint density at radius 2 is 1.80 bits per heavy atom. The molecule has 1 amide bonds. The summed E-state index contributed by atoms with van der Waals surface area (Å²) in [6.45, 7) is 2.09. The lowest BCUT2D eigenvalue weighted by molar-refractivity contribution is 0.0785. The van der Waals surface area contributed by atoms with Crippen molar-refractivity contribution in [3.8, 4) is 11.5 Å². The largest absolute Gasteiger partial charge is 0.497 e. The van der Waals surface area contributed by atoms with Gasteiger partial charge < -0.3 is 14.4 Å². The first-order chi connectivity index (χ1) is 12.2. The van der Waals surface area contributed by atoms with Crippen LogP contribution in [0.1, 0.15) is 23.2 Å². The maximum absolute atomic E-state index is 12.9. The third-order valence-corrected chi connectivity index (χ3v) is 4.52. The highest BCUT2D eigenvalue weighted by Crippen LogP contribution is 2.23. The van der Waals surface area contributed by atoms with Crippen molar-refractivity contribution in [2.45, 2.75) is 12.8 Å². The van der Waals surface area contributed by atoms with E-state index in [1.807, 2.05) is 4.90 Å². The highest BCUT2D eigenvalue weighted by atomic mass is 19.1. The fraction of sp³-hybridized carbons (Fsp3) is 0.350. The summed E-state index contributed by atoms with van der Waals surface area (Å²) < 4.78 is 23.6. The van der Waals surface area contributed by atoms with Crippen molar-refractivity contribution < 1.29 is 18.7 Å². The van der Waals surface area contributed by atoms with Crippen molar-refractivity contribution in [3.05, 3.63) is 59.9 Å². The first kappa shape index (κ1) is 17.3. The topological polar surface area (TPSA) is 38.8 Å². The van der Waals surface area contributed by atoms with Crippen molar-refractivity contribution in [1.29, 1.82) is 0 Å². The fourth-order valence-electron chi connectivity index (χ4n) is 3.04. The molecule has 0 radical (unpaired) electrons. The Balaban J connectivity index is 1.46. The van der Waals surface area contributed by atoms with Crippen molar-refractivity contribution in [2.24, 2.45) is 5.92 Å². The summed E-state index contributed by atoms with van der Waals surface area (Å²) in [7, 11) is 1.61. The molecule has 2 aromatic carbocycles. The monoisotopic (exact) mass is 343 g/mol. The van der Waals surface area contributed by atoms with Gasteiger partial charge in [0.2, 0.25) is 0 Å². The molecule has 0 N–H and O–H groups in total. The number of benzene rings is 2. The first-order valence-electron chi connectivity index (χ1n) is 8.47. The SMILES string of the molecule is COc1ccc(C(=O)N2CCC(CCOc3ccc(F)cc3)C2)cc1. The lowest BCUT2D eigenvalue weighted by Crippen LogP contribution is -2.28. The van der Waals surface area contributed by atoms with Gasteiger partial charge in [0.15, 0.2) is 0 Å². The lowest BCUT2D eigenvalue weighted by Gasteiger charge is -2.17. The Hall–Kier alpha value is -2.56. The number of amides is 1. The third-order valence-electron chi connectivity index (χ3n) is 4.52. The predicted octanol–water partition coefficient (Wildman–Crippen LogP) is 3.77. The average molecular weight is 343 g/mol. The molecule has 1 saturated heterocycles. The van der Waals surface area contributed by atoms with E-state index in [2.05, 4.69) is 0 Å². The number of ether oxygens (including phenoxy) is 2. The van der Waals surface area contributed by atoms with E-state index < -0.39 is 0 Å². The number of rotatable bonds is 6. The Labute approximate surface area is 147 Å². The molecule has 0 saturated carbocycles. The number of methoxy groups -OCH3 is 1. The van der Waals surface area contributed by atoms with E-state index in [1.165, 1.54) is 12.1 Å². The molecular weight excluding hydrogens is 321 g/mol. The normalized spacial score (nSPS) is 16.7. The van der Waals surface area contributed by atoms with E-state index in [4.69, 9.17) is 9.47 Å². The fourth-order valence-corrected chi connectivity index (χ4v) is 3.04. The van der Waals surface area contributed by atoms with Crippen LogP contribution in [-0.4, -0.2) is 37.6 Å². The molecule has 1 aliphatic rings. The smallest absolute Gasteiger partial charge is 0.253 e. The minimum atomic E-state index is -0.268. The summed E-state index contributed by atoms with van der Waals surface area (Å²) in [6.07, 6.45) is 1.86. The number of hydrogen-bond acceptors (Lipinski definition) is 3. The van der Waals surface area contributed by atoms with E-state index in [1.54, 1.807) is 43.5 Å². The second-order valence-corrected chi connectivity index (χ2v) is 6.23. The van der Waals surface area contributed by atoms with Gasteiger partial charge in [-0.2, -0.15) is 0 Å². The Bertz CT molecular complexity index is 700. The van der Waals surface area contributed by atoms with Gasteiger partial charge in [-0.3, -0.25) is 4.79 Å². The average Bonchev–Trinajstić information content (AvgIpc) is 3.12. The quantitative estimate of drug-likeness (QED) is 0.801. The van der Waals surface area contributed by atoms with E-state index >= 15 is 0 Å². The van der Waals surface area contributed by atoms with Crippen LogP contribution < -0.4 is 9.47 Å². The summed E-state index contributed by atoms with van der Waals surface area (Å²) in [5.41, 5.74) is 0.684. The lowest BCUT2D eigenvalue weighted by atomic mass is 10.1. The predicted molar refractivity (Wildman–Crippen MR) is 93.5 cm³/mol. The van der Waals surface area contributed by atoms with Crippen LogP contribution in [0.4, 0.5) is 4.39 Å². The maximum atomic E-state index is 12.9. The second kappa shape index (κ2) is 8.01. The minimum Gasteiger partial charge on any atom is -0.497 e. The number of nitrogens with zero attached hydrogens (tertiary/aromatic N) is 1. The summed E-state index contributed by atoms with van der Waals surface area (Å²) in [4.78, 5) is 14.4. The van der Waals surface area contributed by atoms with Gasteiger partial charge in [-0.1, -0.05) is 0 Å². The van der Waals surface area contributed by atoms with Gasteiger partial charge in [-0.25, -0.2) is 4.39 Å². The van der Waals surface area contributed by atoms with E-state index in [0.29, 0.717) is 23.8 Å². The third kappa shape index (κ3) is 4.50. The van der Waals surface area contributed by atoms with Gasteiger partial charge in [-0.05, 0) is 67.3 Å². The number of carbonyl (C=O) groups excluding carboxylic acids is 1.